The van der Waals surface area contributed by atoms with E-state index in [9.17, 15) is 14.4 Å². The number of rotatable bonds is 4. The molecule has 7 heteroatoms. The van der Waals surface area contributed by atoms with Crippen LogP contribution in [-0.4, -0.2) is 35.8 Å². The molecular weight excluding hydrogens is 442 g/mol. The molecule has 3 aromatic rings. The number of carbonyl (C=O) groups excluding carboxylic acids is 3. The summed E-state index contributed by atoms with van der Waals surface area (Å²) in [4.78, 5) is 44.3. The van der Waals surface area contributed by atoms with Gasteiger partial charge in [-0.3, -0.25) is 14.4 Å². The average Bonchev–Trinajstić information content (AvgIpc) is 3.37. The minimum absolute atomic E-state index is 0.272. The first kappa shape index (κ1) is 21.2. The molecule has 0 aliphatic carbocycles. The van der Waals surface area contributed by atoms with Crippen molar-refractivity contribution in [2.45, 2.75) is 12.1 Å². The summed E-state index contributed by atoms with van der Waals surface area (Å²) in [6.07, 6.45) is 3.78. The molecule has 174 valence electrons. The highest BCUT2D eigenvalue weighted by Gasteiger charge is 2.64. The highest BCUT2D eigenvalue weighted by Crippen LogP contribution is 2.53. The first-order chi connectivity index (χ1) is 17.1. The molecule has 0 unspecified atom stereocenters. The number of hydrogen-bond acceptors (Lipinski definition) is 5. The van der Waals surface area contributed by atoms with Crippen molar-refractivity contribution in [2.24, 2.45) is 11.8 Å². The molecule has 0 spiro atoms. The highest BCUT2D eigenvalue weighted by atomic mass is 16.5. The second kappa shape index (κ2) is 8.13. The molecule has 6 rings (SSSR count). The number of anilines is 2. The van der Waals surface area contributed by atoms with Gasteiger partial charge in [-0.1, -0.05) is 42.5 Å². The fraction of sp³-hybridized carbons (Fsp3) is 0.179. The van der Waals surface area contributed by atoms with Gasteiger partial charge in [0.2, 0.25) is 17.7 Å². The Morgan fingerprint density at radius 1 is 0.857 bits per heavy atom. The molecule has 3 aliphatic heterocycles. The molecule has 0 aromatic heterocycles. The molecule has 1 N–H and O–H groups in total. The summed E-state index contributed by atoms with van der Waals surface area (Å²) in [5, 5.41) is 2.94. The third-order valence-electron chi connectivity index (χ3n) is 7.10. The van der Waals surface area contributed by atoms with E-state index in [1.54, 1.807) is 55.6 Å². The van der Waals surface area contributed by atoms with E-state index in [1.165, 1.54) is 4.90 Å². The van der Waals surface area contributed by atoms with Gasteiger partial charge in [-0.05, 0) is 53.6 Å². The largest absolute Gasteiger partial charge is 0.497 e. The monoisotopic (exact) mass is 465 g/mol. The number of benzene rings is 3. The van der Waals surface area contributed by atoms with Crippen molar-refractivity contribution in [3.8, 4) is 5.75 Å². The summed E-state index contributed by atoms with van der Waals surface area (Å²) in [5.41, 5.74) is 3.05. The van der Waals surface area contributed by atoms with E-state index in [-0.39, 0.29) is 17.7 Å². The molecule has 2 saturated heterocycles. The normalized spacial score (nSPS) is 24.1. The smallest absolute Gasteiger partial charge is 0.247 e. The number of nitrogens with one attached hydrogen (secondary N) is 1. The van der Waals surface area contributed by atoms with E-state index in [1.807, 2.05) is 47.5 Å². The molecule has 3 amide bonds. The summed E-state index contributed by atoms with van der Waals surface area (Å²) < 4.78 is 5.20. The third-order valence-corrected chi connectivity index (χ3v) is 7.10. The molecule has 7 nitrogen and oxygen atoms in total. The number of nitrogens with zero attached hydrogens (tertiary/aromatic N) is 2. The number of amides is 3. The topological polar surface area (TPSA) is 79.0 Å². The van der Waals surface area contributed by atoms with Crippen LogP contribution in [0.5, 0.6) is 5.75 Å². The Labute approximate surface area is 202 Å². The summed E-state index contributed by atoms with van der Waals surface area (Å²) in [7, 11) is 1.58. The van der Waals surface area contributed by atoms with Crippen molar-refractivity contribution in [3.05, 3.63) is 96.2 Å². The van der Waals surface area contributed by atoms with Gasteiger partial charge in [0.05, 0.1) is 30.7 Å². The molecule has 3 aliphatic rings. The number of imide groups is 1. The lowest BCUT2D eigenvalue weighted by atomic mass is 9.84. The fourth-order valence-corrected chi connectivity index (χ4v) is 5.58. The van der Waals surface area contributed by atoms with Gasteiger partial charge >= 0.3 is 0 Å². The number of carbonyl (C=O) groups is 3. The summed E-state index contributed by atoms with van der Waals surface area (Å²) in [6.45, 7) is 0. The number of hydrogen-bond donors (Lipinski definition) is 1. The van der Waals surface area contributed by atoms with Crippen LogP contribution in [0.1, 0.15) is 17.2 Å². The lowest BCUT2D eigenvalue weighted by molar-refractivity contribution is -0.128. The molecule has 0 saturated carbocycles. The number of para-hydroxylation sites is 1. The zero-order valence-corrected chi connectivity index (χ0v) is 19.0. The average molecular weight is 466 g/mol. The number of ether oxygens (including phenoxy) is 1. The standard InChI is InChI=1S/C28H23N3O4/c1-35-20-13-11-18(12-14-20)29-26(32)25-23-22(24-21-10-6-5-7-17(21)15-16-30(24)25)27(33)31(28(23)34)19-8-3-2-4-9-19/h2-16,22-25H,1H3,(H,29,32)/t22-,23-,24+,25-/m0/s1. The summed E-state index contributed by atoms with van der Waals surface area (Å²) in [6, 6.07) is 22.5. The zero-order chi connectivity index (χ0) is 24.1. The van der Waals surface area contributed by atoms with E-state index in [2.05, 4.69) is 5.32 Å². The molecular formula is C28H23N3O4. The first-order valence-corrected chi connectivity index (χ1v) is 11.5. The zero-order valence-electron chi connectivity index (χ0n) is 19.0. The molecule has 35 heavy (non-hydrogen) atoms. The highest BCUT2D eigenvalue weighted by molar-refractivity contribution is 6.24. The second-order valence-corrected chi connectivity index (χ2v) is 8.90. The van der Waals surface area contributed by atoms with Crippen LogP contribution in [-0.2, 0) is 14.4 Å². The molecule has 3 aromatic carbocycles. The molecule has 3 heterocycles. The third kappa shape index (κ3) is 3.23. The number of methoxy groups -OCH3 is 1. The van der Waals surface area contributed by atoms with Crippen molar-refractivity contribution in [2.75, 3.05) is 17.3 Å². The van der Waals surface area contributed by atoms with Gasteiger partial charge in [-0.25, -0.2) is 4.90 Å². The maximum Gasteiger partial charge on any atom is 0.247 e. The Hall–Kier alpha value is -4.39. The van der Waals surface area contributed by atoms with Crippen LogP contribution >= 0.6 is 0 Å². The molecule has 0 radical (unpaired) electrons. The van der Waals surface area contributed by atoms with Crippen LogP contribution in [0.25, 0.3) is 6.08 Å². The first-order valence-electron chi connectivity index (χ1n) is 11.5. The van der Waals surface area contributed by atoms with E-state index in [4.69, 9.17) is 4.74 Å². The second-order valence-electron chi connectivity index (χ2n) is 8.90. The molecule has 2 fully saturated rings. The van der Waals surface area contributed by atoms with Gasteiger partial charge in [0.25, 0.3) is 0 Å². The minimum Gasteiger partial charge on any atom is -0.497 e. The van der Waals surface area contributed by atoms with Crippen LogP contribution in [0.4, 0.5) is 11.4 Å². The van der Waals surface area contributed by atoms with Crippen LogP contribution in [0, 0.1) is 11.8 Å². The van der Waals surface area contributed by atoms with Crippen molar-refractivity contribution in [3.63, 3.8) is 0 Å². The Kier molecular flexibility index (Phi) is 4.91. The Bertz CT molecular complexity index is 1350. The van der Waals surface area contributed by atoms with Crippen molar-refractivity contribution >= 4 is 35.2 Å². The van der Waals surface area contributed by atoms with E-state index >= 15 is 0 Å². The van der Waals surface area contributed by atoms with Gasteiger partial charge in [0, 0.05) is 11.9 Å². The van der Waals surface area contributed by atoms with Crippen LogP contribution in [0.15, 0.2) is 85.1 Å². The molecule has 4 atom stereocenters. The predicted octanol–water partition coefficient (Wildman–Crippen LogP) is 3.85. The maximum absolute atomic E-state index is 13.8. The number of fused-ring (bicyclic) bond motifs is 5. The lowest BCUT2D eigenvalue weighted by Crippen LogP contribution is -2.46. The van der Waals surface area contributed by atoms with Gasteiger partial charge in [0.15, 0.2) is 0 Å². The van der Waals surface area contributed by atoms with Crippen LogP contribution in [0.2, 0.25) is 0 Å². The van der Waals surface area contributed by atoms with Gasteiger partial charge in [-0.2, -0.15) is 0 Å². The van der Waals surface area contributed by atoms with E-state index < -0.39 is 23.9 Å². The summed E-state index contributed by atoms with van der Waals surface area (Å²) in [5.74, 6) is -1.74. The predicted molar refractivity (Wildman–Crippen MR) is 131 cm³/mol. The summed E-state index contributed by atoms with van der Waals surface area (Å²) >= 11 is 0. The quantitative estimate of drug-likeness (QED) is 0.592. The Morgan fingerprint density at radius 3 is 2.29 bits per heavy atom. The Balaban J connectivity index is 1.42. The van der Waals surface area contributed by atoms with Crippen LogP contribution < -0.4 is 15.0 Å². The SMILES string of the molecule is COc1ccc(NC(=O)[C@@H]2[C@H]3C(=O)N(c4ccccc4)C(=O)[C@@H]3[C@H]3c4ccccc4C=CN23)cc1. The molecule has 0 bridgehead atoms. The van der Waals surface area contributed by atoms with Gasteiger partial charge in [0.1, 0.15) is 11.8 Å². The van der Waals surface area contributed by atoms with Gasteiger partial charge < -0.3 is 15.0 Å². The van der Waals surface area contributed by atoms with Crippen molar-refractivity contribution in [1.82, 2.24) is 4.90 Å². The van der Waals surface area contributed by atoms with Gasteiger partial charge in [-0.15, -0.1) is 0 Å². The van der Waals surface area contributed by atoms with Crippen molar-refractivity contribution < 1.29 is 19.1 Å². The Morgan fingerprint density at radius 2 is 1.54 bits per heavy atom. The van der Waals surface area contributed by atoms with E-state index in [0.717, 1.165) is 11.1 Å². The van der Waals surface area contributed by atoms with Crippen molar-refractivity contribution in [1.29, 1.82) is 0 Å². The minimum atomic E-state index is -0.832. The maximum atomic E-state index is 13.8. The van der Waals surface area contributed by atoms with Crippen LogP contribution in [0.3, 0.4) is 0 Å². The lowest BCUT2D eigenvalue weighted by Gasteiger charge is -2.35. The van der Waals surface area contributed by atoms with E-state index in [0.29, 0.717) is 17.1 Å². The fourth-order valence-electron chi connectivity index (χ4n) is 5.58.